The predicted octanol–water partition coefficient (Wildman–Crippen LogP) is 2.54. The normalized spacial score (nSPS) is 18.1. The quantitative estimate of drug-likeness (QED) is 0.831. The van der Waals surface area contributed by atoms with E-state index < -0.39 is 5.97 Å². The number of hydrogen-bond acceptors (Lipinski definition) is 2. The number of carbonyl (C=O) groups is 1. The highest BCUT2D eigenvalue weighted by atomic mass is 16.4. The fraction of sp³-hybridized carbons (Fsp3) is 0.462. The van der Waals surface area contributed by atoms with Crippen molar-refractivity contribution < 1.29 is 9.90 Å². The Morgan fingerprint density at radius 3 is 2.50 bits per heavy atom. The number of aryl methyl sites for hydroxylation is 1. The van der Waals surface area contributed by atoms with Crippen LogP contribution in [-0.4, -0.2) is 24.2 Å². The summed E-state index contributed by atoms with van der Waals surface area (Å²) in [6.45, 7) is 8.25. The Kier molecular flexibility index (Phi) is 2.41. The van der Waals surface area contributed by atoms with Crippen molar-refractivity contribution in [1.82, 2.24) is 0 Å². The fourth-order valence-electron chi connectivity index (χ4n) is 2.21. The average molecular weight is 219 g/mol. The maximum absolute atomic E-state index is 11.0. The molecule has 0 radical (unpaired) electrons. The second-order valence-corrected chi connectivity index (χ2v) is 5.32. The molecule has 3 heteroatoms. The minimum absolute atomic E-state index is 0.355. The summed E-state index contributed by atoms with van der Waals surface area (Å²) in [4.78, 5) is 13.2. The summed E-state index contributed by atoms with van der Waals surface area (Å²) in [5.74, 6) is -0.848. The van der Waals surface area contributed by atoms with Gasteiger partial charge in [0, 0.05) is 18.8 Å². The monoisotopic (exact) mass is 219 g/mol. The number of nitrogens with zero attached hydrogens (tertiary/aromatic N) is 1. The van der Waals surface area contributed by atoms with Gasteiger partial charge in [0.2, 0.25) is 0 Å². The molecule has 1 fully saturated rings. The van der Waals surface area contributed by atoms with Crippen LogP contribution in [0.15, 0.2) is 18.2 Å². The molecule has 0 amide bonds. The highest BCUT2D eigenvalue weighted by Gasteiger charge is 2.34. The van der Waals surface area contributed by atoms with Gasteiger partial charge in [0.05, 0.1) is 5.56 Å². The molecule has 1 aromatic carbocycles. The van der Waals surface area contributed by atoms with Crippen LogP contribution in [0.1, 0.15) is 29.8 Å². The lowest BCUT2D eigenvalue weighted by Crippen LogP contribution is -2.53. The molecular weight excluding hydrogens is 202 g/mol. The van der Waals surface area contributed by atoms with Crippen molar-refractivity contribution in [1.29, 1.82) is 0 Å². The zero-order valence-electron chi connectivity index (χ0n) is 9.95. The molecule has 0 bridgehead atoms. The first-order chi connectivity index (χ1) is 7.39. The summed E-state index contributed by atoms with van der Waals surface area (Å²) in [6, 6.07) is 5.65. The van der Waals surface area contributed by atoms with Crippen molar-refractivity contribution in [2.75, 3.05) is 18.0 Å². The van der Waals surface area contributed by atoms with Crippen LogP contribution in [0.2, 0.25) is 0 Å². The van der Waals surface area contributed by atoms with Crippen LogP contribution in [0.25, 0.3) is 0 Å². The number of aromatic carboxylic acids is 1. The third-order valence-electron chi connectivity index (χ3n) is 3.05. The maximum Gasteiger partial charge on any atom is 0.336 e. The fourth-order valence-corrected chi connectivity index (χ4v) is 2.21. The van der Waals surface area contributed by atoms with Crippen LogP contribution in [0.4, 0.5) is 5.69 Å². The van der Waals surface area contributed by atoms with Gasteiger partial charge < -0.3 is 10.0 Å². The molecule has 16 heavy (non-hydrogen) atoms. The van der Waals surface area contributed by atoms with Crippen LogP contribution < -0.4 is 4.90 Å². The van der Waals surface area contributed by atoms with Gasteiger partial charge in [0.25, 0.3) is 0 Å². The van der Waals surface area contributed by atoms with Crippen molar-refractivity contribution in [3.63, 3.8) is 0 Å². The van der Waals surface area contributed by atoms with Crippen molar-refractivity contribution in [2.24, 2.45) is 5.41 Å². The average Bonchev–Trinajstić information content (AvgIpc) is 2.14. The highest BCUT2D eigenvalue weighted by Crippen LogP contribution is 2.34. The molecule has 1 aliphatic heterocycles. The minimum Gasteiger partial charge on any atom is -0.478 e. The van der Waals surface area contributed by atoms with Crippen molar-refractivity contribution in [3.8, 4) is 0 Å². The predicted molar refractivity (Wildman–Crippen MR) is 64.1 cm³/mol. The Bertz CT molecular complexity index is 430. The van der Waals surface area contributed by atoms with Gasteiger partial charge in [-0.15, -0.1) is 0 Å². The molecule has 2 rings (SSSR count). The number of carboxylic acid groups (broad SMARTS) is 1. The third kappa shape index (κ3) is 1.90. The molecule has 86 valence electrons. The maximum atomic E-state index is 11.0. The molecule has 1 heterocycles. The summed E-state index contributed by atoms with van der Waals surface area (Å²) in [6.07, 6.45) is 0. The number of rotatable bonds is 2. The van der Waals surface area contributed by atoms with E-state index in [1.165, 1.54) is 0 Å². The summed E-state index contributed by atoms with van der Waals surface area (Å²) < 4.78 is 0. The second kappa shape index (κ2) is 3.51. The van der Waals surface area contributed by atoms with E-state index in [1.54, 1.807) is 6.07 Å². The Morgan fingerprint density at radius 1 is 1.38 bits per heavy atom. The van der Waals surface area contributed by atoms with Crippen LogP contribution in [0.3, 0.4) is 0 Å². The van der Waals surface area contributed by atoms with Gasteiger partial charge in [0.1, 0.15) is 0 Å². The lowest BCUT2D eigenvalue weighted by Gasteiger charge is -2.47. The van der Waals surface area contributed by atoms with Crippen LogP contribution in [0.5, 0.6) is 0 Å². The highest BCUT2D eigenvalue weighted by molar-refractivity contribution is 5.90. The lowest BCUT2D eigenvalue weighted by atomic mass is 9.84. The Morgan fingerprint density at radius 2 is 2.00 bits per heavy atom. The molecule has 1 aromatic rings. The molecule has 0 saturated carbocycles. The van der Waals surface area contributed by atoms with Gasteiger partial charge in [-0.05, 0) is 30.0 Å². The van der Waals surface area contributed by atoms with E-state index in [4.69, 9.17) is 5.11 Å². The summed E-state index contributed by atoms with van der Waals surface area (Å²) in [7, 11) is 0. The molecule has 0 aromatic heterocycles. The molecule has 1 N–H and O–H groups in total. The van der Waals surface area contributed by atoms with Crippen molar-refractivity contribution >= 4 is 11.7 Å². The van der Waals surface area contributed by atoms with Crippen molar-refractivity contribution in [2.45, 2.75) is 20.8 Å². The smallest absolute Gasteiger partial charge is 0.336 e. The second-order valence-electron chi connectivity index (χ2n) is 5.32. The van der Waals surface area contributed by atoms with Crippen LogP contribution in [-0.2, 0) is 0 Å². The van der Waals surface area contributed by atoms with Crippen LogP contribution in [0, 0.1) is 12.3 Å². The first-order valence-electron chi connectivity index (χ1n) is 5.48. The molecule has 0 atom stereocenters. The van der Waals surface area contributed by atoms with Gasteiger partial charge in [-0.2, -0.15) is 0 Å². The van der Waals surface area contributed by atoms with E-state index in [2.05, 4.69) is 18.7 Å². The number of hydrogen-bond donors (Lipinski definition) is 1. The lowest BCUT2D eigenvalue weighted by molar-refractivity contribution is 0.0696. The van der Waals surface area contributed by atoms with E-state index in [1.807, 2.05) is 19.1 Å². The molecule has 1 saturated heterocycles. The van der Waals surface area contributed by atoms with E-state index in [0.717, 1.165) is 24.3 Å². The van der Waals surface area contributed by atoms with Gasteiger partial charge in [-0.25, -0.2) is 4.79 Å². The van der Waals surface area contributed by atoms with Gasteiger partial charge in [-0.1, -0.05) is 19.9 Å². The van der Waals surface area contributed by atoms with Gasteiger partial charge in [0.15, 0.2) is 0 Å². The standard InChI is InChI=1S/C13H17NO2/c1-9-4-5-10(6-11(9)12(15)16)14-7-13(2,3)8-14/h4-6H,7-8H2,1-3H3,(H,15,16). The van der Waals surface area contributed by atoms with Crippen LogP contribution >= 0.6 is 0 Å². The first-order valence-corrected chi connectivity index (χ1v) is 5.48. The SMILES string of the molecule is Cc1ccc(N2CC(C)(C)C2)cc1C(=O)O. The molecule has 1 aliphatic rings. The van der Waals surface area contributed by atoms with E-state index >= 15 is 0 Å². The zero-order chi connectivity index (χ0) is 11.9. The topological polar surface area (TPSA) is 40.5 Å². The number of carboxylic acids is 1. The molecule has 0 aliphatic carbocycles. The van der Waals surface area contributed by atoms with Gasteiger partial charge in [-0.3, -0.25) is 0 Å². The molecule has 0 spiro atoms. The number of benzene rings is 1. The molecular formula is C13H17NO2. The third-order valence-corrected chi connectivity index (χ3v) is 3.05. The molecule has 3 nitrogen and oxygen atoms in total. The van der Waals surface area contributed by atoms with E-state index in [-0.39, 0.29) is 0 Å². The van der Waals surface area contributed by atoms with Gasteiger partial charge >= 0.3 is 5.97 Å². The minimum atomic E-state index is -0.848. The first kappa shape index (κ1) is 11.0. The molecule has 0 unspecified atom stereocenters. The summed E-state index contributed by atoms with van der Waals surface area (Å²) >= 11 is 0. The number of anilines is 1. The Hall–Kier alpha value is -1.51. The zero-order valence-corrected chi connectivity index (χ0v) is 9.95. The van der Waals surface area contributed by atoms with E-state index in [0.29, 0.717) is 11.0 Å². The largest absolute Gasteiger partial charge is 0.478 e. The van der Waals surface area contributed by atoms with E-state index in [9.17, 15) is 4.79 Å². The summed E-state index contributed by atoms with van der Waals surface area (Å²) in [5.41, 5.74) is 2.59. The summed E-state index contributed by atoms with van der Waals surface area (Å²) in [5, 5.41) is 9.05. The van der Waals surface area contributed by atoms with Crippen molar-refractivity contribution in [3.05, 3.63) is 29.3 Å². The Balaban J connectivity index is 2.24. The Labute approximate surface area is 95.7 Å².